The highest BCUT2D eigenvalue weighted by molar-refractivity contribution is 7.92. The number of nitrogens with zero attached hydrogens (tertiary/aromatic N) is 1. The molecule has 0 aromatic heterocycles. The number of sulfonamides is 1. The van der Waals surface area contributed by atoms with Gasteiger partial charge in [0.25, 0.3) is 0 Å². The van der Waals surface area contributed by atoms with Crippen LogP contribution in [-0.4, -0.2) is 32.3 Å². The standard InChI is InChI=1S/C18H27NO4S/c1-5-8-14-11-15(17(20)23-18(2,3)4)13-16(12-14)19-9-6-7-10-24(19,21)22/h11-13H,5-10H2,1-4H3. The lowest BCUT2D eigenvalue weighted by atomic mass is 10.0. The molecule has 0 unspecified atom stereocenters. The van der Waals surface area contributed by atoms with Crippen molar-refractivity contribution in [2.75, 3.05) is 16.6 Å². The molecular weight excluding hydrogens is 326 g/mol. The van der Waals surface area contributed by atoms with E-state index in [0.717, 1.165) is 24.8 Å². The summed E-state index contributed by atoms with van der Waals surface area (Å²) in [6.45, 7) is 7.97. The number of hydrogen-bond acceptors (Lipinski definition) is 4. The van der Waals surface area contributed by atoms with Gasteiger partial charge in [0, 0.05) is 6.54 Å². The van der Waals surface area contributed by atoms with Gasteiger partial charge in [-0.1, -0.05) is 13.3 Å². The van der Waals surface area contributed by atoms with Crippen molar-refractivity contribution in [3.8, 4) is 0 Å². The molecule has 0 aliphatic carbocycles. The van der Waals surface area contributed by atoms with E-state index in [9.17, 15) is 13.2 Å². The Labute approximate surface area is 145 Å². The Hall–Kier alpha value is -1.56. The summed E-state index contributed by atoms with van der Waals surface area (Å²) in [6.07, 6.45) is 3.23. The summed E-state index contributed by atoms with van der Waals surface area (Å²) in [5, 5.41) is 0. The normalized spacial score (nSPS) is 17.6. The van der Waals surface area contributed by atoms with Gasteiger partial charge in [0.05, 0.1) is 17.0 Å². The summed E-state index contributed by atoms with van der Waals surface area (Å²) in [5.41, 5.74) is 1.35. The smallest absolute Gasteiger partial charge is 0.338 e. The Kier molecular flexibility index (Phi) is 5.58. The molecule has 1 heterocycles. The van der Waals surface area contributed by atoms with Crippen LogP contribution in [0.2, 0.25) is 0 Å². The number of benzene rings is 1. The van der Waals surface area contributed by atoms with Gasteiger partial charge < -0.3 is 4.74 Å². The molecule has 1 saturated heterocycles. The topological polar surface area (TPSA) is 63.7 Å². The van der Waals surface area contributed by atoms with E-state index < -0.39 is 21.6 Å². The lowest BCUT2D eigenvalue weighted by Gasteiger charge is -2.29. The zero-order chi connectivity index (χ0) is 18.0. The molecule has 0 spiro atoms. The first kappa shape index (κ1) is 18.8. The van der Waals surface area contributed by atoms with Crippen molar-refractivity contribution in [1.82, 2.24) is 0 Å². The average Bonchev–Trinajstić information content (AvgIpc) is 2.45. The molecule has 6 heteroatoms. The third-order valence-electron chi connectivity index (χ3n) is 3.79. The summed E-state index contributed by atoms with van der Waals surface area (Å²) in [7, 11) is -3.30. The zero-order valence-electron chi connectivity index (χ0n) is 15.0. The first-order chi connectivity index (χ1) is 11.1. The van der Waals surface area contributed by atoms with Crippen molar-refractivity contribution in [1.29, 1.82) is 0 Å². The number of carbonyl (C=O) groups excluding carboxylic acids is 1. The van der Waals surface area contributed by atoms with E-state index in [0.29, 0.717) is 24.2 Å². The van der Waals surface area contributed by atoms with E-state index in [-0.39, 0.29) is 5.75 Å². The molecule has 0 N–H and O–H groups in total. The monoisotopic (exact) mass is 353 g/mol. The summed E-state index contributed by atoms with van der Waals surface area (Å²) in [4.78, 5) is 12.4. The summed E-state index contributed by atoms with van der Waals surface area (Å²) < 4.78 is 31.6. The first-order valence-corrected chi connectivity index (χ1v) is 10.1. The van der Waals surface area contributed by atoms with Crippen LogP contribution in [0.25, 0.3) is 0 Å². The summed E-state index contributed by atoms with van der Waals surface area (Å²) >= 11 is 0. The number of aryl methyl sites for hydroxylation is 1. The Morgan fingerprint density at radius 1 is 1.21 bits per heavy atom. The highest BCUT2D eigenvalue weighted by Gasteiger charge is 2.27. The molecule has 1 aliphatic rings. The van der Waals surface area contributed by atoms with Crippen LogP contribution in [0.3, 0.4) is 0 Å². The Balaban J connectivity index is 2.42. The number of anilines is 1. The summed E-state index contributed by atoms with van der Waals surface area (Å²) in [5.74, 6) is -0.261. The van der Waals surface area contributed by atoms with Crippen LogP contribution in [0.1, 0.15) is 62.9 Å². The van der Waals surface area contributed by atoms with E-state index in [1.165, 1.54) is 4.31 Å². The molecule has 1 aliphatic heterocycles. The maximum absolute atomic E-state index is 12.4. The van der Waals surface area contributed by atoms with Crippen LogP contribution in [-0.2, 0) is 21.2 Å². The molecule has 134 valence electrons. The van der Waals surface area contributed by atoms with Crippen LogP contribution in [0.15, 0.2) is 18.2 Å². The van der Waals surface area contributed by atoms with Crippen molar-refractivity contribution in [3.05, 3.63) is 29.3 Å². The fourth-order valence-corrected chi connectivity index (χ4v) is 4.41. The molecule has 24 heavy (non-hydrogen) atoms. The van der Waals surface area contributed by atoms with Crippen LogP contribution in [0, 0.1) is 0 Å². The molecule has 0 radical (unpaired) electrons. The highest BCUT2D eigenvalue weighted by atomic mass is 32.2. The lowest BCUT2D eigenvalue weighted by molar-refractivity contribution is 0.00694. The van der Waals surface area contributed by atoms with E-state index in [1.807, 2.05) is 26.8 Å². The third kappa shape index (κ3) is 4.72. The van der Waals surface area contributed by atoms with Gasteiger partial charge in [-0.15, -0.1) is 0 Å². The molecule has 1 aromatic rings. The van der Waals surface area contributed by atoms with E-state index >= 15 is 0 Å². The Morgan fingerprint density at radius 2 is 1.92 bits per heavy atom. The van der Waals surface area contributed by atoms with Gasteiger partial charge in [-0.25, -0.2) is 13.2 Å². The van der Waals surface area contributed by atoms with Gasteiger partial charge >= 0.3 is 5.97 Å². The largest absolute Gasteiger partial charge is 0.456 e. The van der Waals surface area contributed by atoms with Crippen LogP contribution < -0.4 is 4.31 Å². The maximum atomic E-state index is 12.4. The number of esters is 1. The number of ether oxygens (including phenoxy) is 1. The maximum Gasteiger partial charge on any atom is 0.338 e. The van der Waals surface area contributed by atoms with Crippen molar-refractivity contribution in [3.63, 3.8) is 0 Å². The second kappa shape index (κ2) is 7.13. The van der Waals surface area contributed by atoms with E-state index in [4.69, 9.17) is 4.74 Å². The number of carbonyl (C=O) groups is 1. The zero-order valence-corrected chi connectivity index (χ0v) is 15.8. The van der Waals surface area contributed by atoms with Crippen LogP contribution >= 0.6 is 0 Å². The third-order valence-corrected chi connectivity index (χ3v) is 5.66. The predicted octanol–water partition coefficient (Wildman–Crippen LogP) is 3.52. The van der Waals surface area contributed by atoms with Gasteiger partial charge in [-0.2, -0.15) is 0 Å². The van der Waals surface area contributed by atoms with E-state index in [1.54, 1.807) is 12.1 Å². The van der Waals surface area contributed by atoms with Gasteiger partial charge in [-0.3, -0.25) is 4.31 Å². The highest BCUT2D eigenvalue weighted by Crippen LogP contribution is 2.27. The van der Waals surface area contributed by atoms with Gasteiger partial charge in [0.15, 0.2) is 0 Å². The fourth-order valence-electron chi connectivity index (χ4n) is 2.78. The summed E-state index contributed by atoms with van der Waals surface area (Å²) in [6, 6.07) is 5.31. The minimum atomic E-state index is -3.30. The molecule has 1 fully saturated rings. The average molecular weight is 353 g/mol. The number of rotatable bonds is 4. The van der Waals surface area contributed by atoms with Crippen molar-refractivity contribution >= 4 is 21.7 Å². The van der Waals surface area contributed by atoms with Crippen molar-refractivity contribution in [2.45, 2.75) is 59.0 Å². The van der Waals surface area contributed by atoms with Crippen molar-refractivity contribution < 1.29 is 17.9 Å². The molecule has 0 atom stereocenters. The lowest BCUT2D eigenvalue weighted by Crippen LogP contribution is -2.38. The molecule has 1 aromatic carbocycles. The molecule has 0 saturated carbocycles. The van der Waals surface area contributed by atoms with Crippen LogP contribution in [0.5, 0.6) is 0 Å². The minimum absolute atomic E-state index is 0.160. The first-order valence-electron chi connectivity index (χ1n) is 8.50. The molecule has 0 bridgehead atoms. The molecule has 0 amide bonds. The van der Waals surface area contributed by atoms with Gasteiger partial charge in [-0.05, 0) is 63.8 Å². The second-order valence-electron chi connectivity index (χ2n) is 7.24. The van der Waals surface area contributed by atoms with E-state index in [2.05, 4.69) is 6.92 Å². The van der Waals surface area contributed by atoms with Gasteiger partial charge in [0.1, 0.15) is 5.60 Å². The molecular formula is C18H27NO4S. The second-order valence-corrected chi connectivity index (χ2v) is 9.25. The SMILES string of the molecule is CCCc1cc(C(=O)OC(C)(C)C)cc(N2CCCCS2(=O)=O)c1. The van der Waals surface area contributed by atoms with Crippen LogP contribution in [0.4, 0.5) is 5.69 Å². The van der Waals surface area contributed by atoms with Crippen molar-refractivity contribution in [2.24, 2.45) is 0 Å². The predicted molar refractivity (Wildman–Crippen MR) is 96.0 cm³/mol. The Morgan fingerprint density at radius 3 is 2.50 bits per heavy atom. The fraction of sp³-hybridized carbons (Fsp3) is 0.611. The quantitative estimate of drug-likeness (QED) is 0.777. The molecule has 2 rings (SSSR count). The van der Waals surface area contributed by atoms with Gasteiger partial charge in [0.2, 0.25) is 10.0 Å². The minimum Gasteiger partial charge on any atom is -0.456 e. The Bertz CT molecular complexity index is 704. The number of hydrogen-bond donors (Lipinski definition) is 0. The molecule has 5 nitrogen and oxygen atoms in total.